The molecule has 0 atom stereocenters. The molecule has 0 spiro atoms. The van der Waals surface area contributed by atoms with Crippen LogP contribution in [0.25, 0.3) is 0 Å². The Morgan fingerprint density at radius 2 is 2.00 bits per heavy atom. The van der Waals surface area contributed by atoms with E-state index < -0.39 is 0 Å². The first-order chi connectivity index (χ1) is 4.74. The van der Waals surface area contributed by atoms with E-state index in [9.17, 15) is 0 Å². The Bertz CT molecular complexity index is 187. The Kier molecular flexibility index (Phi) is 2.15. The Morgan fingerprint density at radius 3 is 2.50 bits per heavy atom. The van der Waals surface area contributed by atoms with E-state index in [0.29, 0.717) is 0 Å². The molecular formula is C9H14O. The van der Waals surface area contributed by atoms with Crippen molar-refractivity contribution in [3.63, 3.8) is 0 Å². The largest absolute Gasteiger partial charge is 0.497 e. The molecular weight excluding hydrogens is 124 g/mol. The summed E-state index contributed by atoms with van der Waals surface area (Å²) in [5.74, 6) is 1.06. The minimum absolute atomic E-state index is 1.06. The van der Waals surface area contributed by atoms with Gasteiger partial charge in [0.2, 0.25) is 0 Å². The van der Waals surface area contributed by atoms with Gasteiger partial charge in [0.15, 0.2) is 0 Å². The van der Waals surface area contributed by atoms with E-state index >= 15 is 0 Å². The van der Waals surface area contributed by atoms with Gasteiger partial charge in [0.05, 0.1) is 7.11 Å². The monoisotopic (exact) mass is 138 g/mol. The third-order valence-electron chi connectivity index (χ3n) is 1.91. The van der Waals surface area contributed by atoms with Crippen LogP contribution in [0.5, 0.6) is 0 Å². The SMILES string of the molecule is COC1=C(C)CCC(C)=C1. The maximum atomic E-state index is 5.18. The van der Waals surface area contributed by atoms with Gasteiger partial charge in [-0.2, -0.15) is 0 Å². The standard InChI is InChI=1S/C9H14O/c1-7-4-5-8(2)9(6-7)10-3/h6H,4-5H2,1-3H3. The Morgan fingerprint density at radius 1 is 1.30 bits per heavy atom. The summed E-state index contributed by atoms with van der Waals surface area (Å²) < 4.78 is 5.18. The number of hydrogen-bond acceptors (Lipinski definition) is 1. The van der Waals surface area contributed by atoms with Gasteiger partial charge in [0, 0.05) is 0 Å². The molecule has 0 saturated carbocycles. The Balaban J connectivity index is 2.82. The quantitative estimate of drug-likeness (QED) is 0.541. The zero-order valence-corrected chi connectivity index (χ0v) is 6.90. The number of rotatable bonds is 1. The van der Waals surface area contributed by atoms with Gasteiger partial charge >= 0.3 is 0 Å². The molecule has 0 bridgehead atoms. The Labute approximate surface area is 62.4 Å². The van der Waals surface area contributed by atoms with E-state index in [1.165, 1.54) is 17.6 Å². The topological polar surface area (TPSA) is 9.23 Å². The van der Waals surface area contributed by atoms with Crippen molar-refractivity contribution in [2.24, 2.45) is 0 Å². The van der Waals surface area contributed by atoms with E-state index in [1.54, 1.807) is 7.11 Å². The zero-order chi connectivity index (χ0) is 7.56. The van der Waals surface area contributed by atoms with Crippen LogP contribution in [0.4, 0.5) is 0 Å². The molecule has 1 rings (SSSR count). The maximum Gasteiger partial charge on any atom is 0.117 e. The molecule has 0 heterocycles. The zero-order valence-electron chi connectivity index (χ0n) is 6.90. The van der Waals surface area contributed by atoms with Crippen LogP contribution in [0, 0.1) is 0 Å². The van der Waals surface area contributed by atoms with Crippen molar-refractivity contribution in [2.75, 3.05) is 7.11 Å². The van der Waals surface area contributed by atoms with Crippen LogP contribution in [-0.4, -0.2) is 7.11 Å². The lowest BCUT2D eigenvalue weighted by Crippen LogP contribution is -1.96. The smallest absolute Gasteiger partial charge is 0.117 e. The van der Waals surface area contributed by atoms with Crippen molar-refractivity contribution in [1.82, 2.24) is 0 Å². The van der Waals surface area contributed by atoms with Crippen LogP contribution in [0.3, 0.4) is 0 Å². The van der Waals surface area contributed by atoms with Gasteiger partial charge in [-0.1, -0.05) is 5.57 Å². The van der Waals surface area contributed by atoms with Crippen molar-refractivity contribution in [3.05, 3.63) is 23.0 Å². The maximum absolute atomic E-state index is 5.18. The van der Waals surface area contributed by atoms with Crippen LogP contribution in [0.1, 0.15) is 26.7 Å². The summed E-state index contributed by atoms with van der Waals surface area (Å²) in [6.07, 6.45) is 4.48. The summed E-state index contributed by atoms with van der Waals surface area (Å²) in [5, 5.41) is 0. The fourth-order valence-electron chi connectivity index (χ4n) is 1.16. The average molecular weight is 138 g/mol. The molecule has 1 nitrogen and oxygen atoms in total. The molecule has 0 aromatic heterocycles. The number of ether oxygens (including phenoxy) is 1. The first kappa shape index (κ1) is 7.39. The molecule has 0 fully saturated rings. The molecule has 0 unspecified atom stereocenters. The van der Waals surface area contributed by atoms with Crippen LogP contribution in [0.2, 0.25) is 0 Å². The highest BCUT2D eigenvalue weighted by Gasteiger charge is 2.06. The molecule has 10 heavy (non-hydrogen) atoms. The third kappa shape index (κ3) is 1.41. The lowest BCUT2D eigenvalue weighted by atomic mass is 9.99. The number of hydrogen-bond donors (Lipinski definition) is 0. The van der Waals surface area contributed by atoms with Crippen molar-refractivity contribution in [3.8, 4) is 0 Å². The van der Waals surface area contributed by atoms with Gasteiger partial charge in [0.25, 0.3) is 0 Å². The minimum atomic E-state index is 1.06. The fourth-order valence-corrected chi connectivity index (χ4v) is 1.16. The highest BCUT2D eigenvalue weighted by Crippen LogP contribution is 2.22. The molecule has 0 saturated heterocycles. The molecule has 1 aliphatic rings. The summed E-state index contributed by atoms with van der Waals surface area (Å²) in [4.78, 5) is 0. The van der Waals surface area contributed by atoms with E-state index in [-0.39, 0.29) is 0 Å². The van der Waals surface area contributed by atoms with Gasteiger partial charge < -0.3 is 4.74 Å². The predicted octanol–water partition coefficient (Wildman–Crippen LogP) is 2.65. The molecule has 0 aromatic carbocycles. The van der Waals surface area contributed by atoms with Gasteiger partial charge in [-0.3, -0.25) is 0 Å². The van der Waals surface area contributed by atoms with E-state index in [1.807, 2.05) is 0 Å². The summed E-state index contributed by atoms with van der Waals surface area (Å²) >= 11 is 0. The molecule has 1 heteroatoms. The number of methoxy groups -OCH3 is 1. The second-order valence-electron chi connectivity index (χ2n) is 2.84. The second-order valence-corrected chi connectivity index (χ2v) is 2.84. The average Bonchev–Trinajstić information content (AvgIpc) is 1.94. The lowest BCUT2D eigenvalue weighted by Gasteiger charge is -2.13. The highest BCUT2D eigenvalue weighted by atomic mass is 16.5. The summed E-state index contributed by atoms with van der Waals surface area (Å²) in [6, 6.07) is 0. The molecule has 56 valence electrons. The summed E-state index contributed by atoms with van der Waals surface area (Å²) in [7, 11) is 1.73. The fraction of sp³-hybridized carbons (Fsp3) is 0.556. The van der Waals surface area contributed by atoms with E-state index in [0.717, 1.165) is 12.2 Å². The number of allylic oxidation sites excluding steroid dienone is 3. The lowest BCUT2D eigenvalue weighted by molar-refractivity contribution is 0.298. The van der Waals surface area contributed by atoms with Crippen LogP contribution in [-0.2, 0) is 4.74 Å². The highest BCUT2D eigenvalue weighted by molar-refractivity contribution is 5.27. The van der Waals surface area contributed by atoms with Gasteiger partial charge in [0.1, 0.15) is 5.76 Å². The van der Waals surface area contributed by atoms with Gasteiger partial charge in [-0.15, -0.1) is 0 Å². The van der Waals surface area contributed by atoms with Crippen LogP contribution < -0.4 is 0 Å². The van der Waals surface area contributed by atoms with Gasteiger partial charge in [-0.25, -0.2) is 0 Å². The Hall–Kier alpha value is -0.720. The normalized spacial score (nSPS) is 18.9. The van der Waals surface area contributed by atoms with Crippen molar-refractivity contribution >= 4 is 0 Å². The second kappa shape index (κ2) is 2.91. The molecule has 0 N–H and O–H groups in total. The van der Waals surface area contributed by atoms with Crippen LogP contribution in [0.15, 0.2) is 23.0 Å². The molecule has 0 radical (unpaired) electrons. The van der Waals surface area contributed by atoms with Gasteiger partial charge in [-0.05, 0) is 38.3 Å². The van der Waals surface area contributed by atoms with Crippen LogP contribution >= 0.6 is 0 Å². The molecule has 1 aliphatic carbocycles. The third-order valence-corrected chi connectivity index (χ3v) is 1.91. The molecule has 0 aromatic rings. The summed E-state index contributed by atoms with van der Waals surface area (Å²) in [6.45, 7) is 4.27. The minimum Gasteiger partial charge on any atom is -0.497 e. The van der Waals surface area contributed by atoms with Crippen molar-refractivity contribution in [2.45, 2.75) is 26.7 Å². The predicted molar refractivity (Wildman–Crippen MR) is 42.7 cm³/mol. The molecule has 0 aliphatic heterocycles. The molecule has 0 amide bonds. The van der Waals surface area contributed by atoms with Crippen molar-refractivity contribution in [1.29, 1.82) is 0 Å². The summed E-state index contributed by atoms with van der Waals surface area (Å²) in [5.41, 5.74) is 2.79. The van der Waals surface area contributed by atoms with Crippen molar-refractivity contribution < 1.29 is 4.74 Å². The van der Waals surface area contributed by atoms with E-state index in [4.69, 9.17) is 4.74 Å². The first-order valence-corrected chi connectivity index (χ1v) is 3.65. The van der Waals surface area contributed by atoms with E-state index in [2.05, 4.69) is 19.9 Å². The first-order valence-electron chi connectivity index (χ1n) is 3.65.